The summed E-state index contributed by atoms with van der Waals surface area (Å²) in [5.41, 5.74) is 2.81. The van der Waals surface area contributed by atoms with E-state index in [1.54, 1.807) is 26.1 Å². The Morgan fingerprint density at radius 3 is 2.08 bits per heavy atom. The van der Waals surface area contributed by atoms with Crippen LogP contribution in [0.5, 0.6) is 0 Å². The molecule has 0 saturated heterocycles. The van der Waals surface area contributed by atoms with Crippen molar-refractivity contribution in [2.24, 2.45) is 5.41 Å². The third-order valence-electron chi connectivity index (χ3n) is 7.63. The maximum atomic E-state index is 16.2. The molecule has 1 aliphatic rings. The van der Waals surface area contributed by atoms with Gasteiger partial charge in [-0.3, -0.25) is 4.79 Å². The first-order chi connectivity index (χ1) is 18.5. The van der Waals surface area contributed by atoms with Crippen LogP contribution >= 0.6 is 0 Å². The lowest BCUT2D eigenvalue weighted by molar-refractivity contribution is -0.125. The number of nitrogen functional groups attached to an aromatic ring is 1. The van der Waals surface area contributed by atoms with Crippen LogP contribution in [0.1, 0.15) is 48.2 Å². The van der Waals surface area contributed by atoms with Crippen LogP contribution in [-0.4, -0.2) is 33.9 Å². The molecule has 11 heteroatoms. The van der Waals surface area contributed by atoms with E-state index in [0.717, 1.165) is 7.11 Å². The Kier molecular flexibility index (Phi) is 8.71. The number of nitrogens with two attached hydrogens (primary N) is 1. The fourth-order valence-electron chi connectivity index (χ4n) is 4.11. The number of allylic oxidation sites excluding steroid dienone is 2. The number of halogens is 4. The second-order valence-corrected chi connectivity index (χ2v) is 16.2. The Hall–Kier alpha value is -3.44. The standard InChI is InChI=1S/C29H34F4N2O4Si/c1-16-13-18(26(36)38-5)23(34)19(14-16)35-27(37)29(15-39-40(6,7)28(2,3)4)24(32)21(30)20(22(31)25(29)33)17-11-9-8-10-12-17/h8-14,20H,15,34H2,1-7H3,(H,35,37). The van der Waals surface area contributed by atoms with Crippen molar-refractivity contribution in [3.63, 3.8) is 0 Å². The van der Waals surface area contributed by atoms with Gasteiger partial charge in [0.05, 0.1) is 36.6 Å². The molecule has 0 unspecified atom stereocenters. The van der Waals surface area contributed by atoms with Crippen molar-refractivity contribution in [1.29, 1.82) is 0 Å². The van der Waals surface area contributed by atoms with E-state index in [1.165, 1.54) is 36.4 Å². The lowest BCUT2D eigenvalue weighted by Gasteiger charge is -2.41. The molecule has 0 fully saturated rings. The molecule has 0 saturated carbocycles. The van der Waals surface area contributed by atoms with Crippen molar-refractivity contribution in [3.05, 3.63) is 82.5 Å². The van der Waals surface area contributed by atoms with E-state index in [0.29, 0.717) is 5.56 Å². The van der Waals surface area contributed by atoms with Gasteiger partial charge in [-0.15, -0.1) is 0 Å². The molecule has 0 heterocycles. The Morgan fingerprint density at radius 1 is 1.02 bits per heavy atom. The van der Waals surface area contributed by atoms with Crippen LogP contribution in [0.3, 0.4) is 0 Å². The second kappa shape index (κ2) is 11.2. The molecule has 0 aromatic heterocycles. The summed E-state index contributed by atoms with van der Waals surface area (Å²) in [6.45, 7) is 9.70. The minimum atomic E-state index is -3.13. The number of aryl methyl sites for hydroxylation is 1. The van der Waals surface area contributed by atoms with Crippen LogP contribution in [0.4, 0.5) is 28.9 Å². The molecule has 2 aromatic rings. The highest BCUT2D eigenvalue weighted by molar-refractivity contribution is 6.74. The molecule has 1 amide bonds. The van der Waals surface area contributed by atoms with E-state index in [9.17, 15) is 9.59 Å². The summed E-state index contributed by atoms with van der Waals surface area (Å²) in [6.07, 6.45) is 0. The predicted molar refractivity (Wildman–Crippen MR) is 149 cm³/mol. The van der Waals surface area contributed by atoms with Crippen LogP contribution in [0, 0.1) is 12.3 Å². The van der Waals surface area contributed by atoms with Crippen LogP contribution in [0.25, 0.3) is 0 Å². The summed E-state index contributed by atoms with van der Waals surface area (Å²) in [7, 11) is -1.66. The topological polar surface area (TPSA) is 90.6 Å². The summed E-state index contributed by atoms with van der Waals surface area (Å²) >= 11 is 0. The second-order valence-electron chi connectivity index (χ2n) is 11.3. The fourth-order valence-corrected chi connectivity index (χ4v) is 5.12. The van der Waals surface area contributed by atoms with Crippen molar-refractivity contribution < 1.29 is 36.3 Å². The van der Waals surface area contributed by atoms with Gasteiger partial charge >= 0.3 is 5.97 Å². The van der Waals surface area contributed by atoms with Crippen LogP contribution < -0.4 is 11.1 Å². The van der Waals surface area contributed by atoms with Gasteiger partial charge in [-0.25, -0.2) is 22.4 Å². The average Bonchev–Trinajstić information content (AvgIpc) is 2.89. The highest BCUT2D eigenvalue weighted by Gasteiger charge is 2.57. The molecule has 0 radical (unpaired) electrons. The first-order valence-electron chi connectivity index (χ1n) is 12.6. The zero-order valence-electron chi connectivity index (χ0n) is 23.5. The maximum Gasteiger partial charge on any atom is 0.340 e. The van der Waals surface area contributed by atoms with Crippen molar-refractivity contribution >= 4 is 31.6 Å². The average molecular weight is 579 g/mol. The molecule has 0 aliphatic heterocycles. The highest BCUT2D eigenvalue weighted by atomic mass is 28.4. The van der Waals surface area contributed by atoms with E-state index < -0.39 is 66.5 Å². The SMILES string of the molecule is COC(=O)c1cc(C)cc(NC(=O)C2(CO[Si](C)(C)C(C)(C)C)C(F)=C(F)C(c3ccccc3)C(F)=C2F)c1N. The number of methoxy groups -OCH3 is 1. The number of rotatable bonds is 7. The van der Waals surface area contributed by atoms with Crippen LogP contribution in [0.2, 0.25) is 18.1 Å². The largest absolute Gasteiger partial charge is 0.465 e. The molecule has 0 spiro atoms. The number of carbonyl (C=O) groups excluding carboxylic acids is 2. The van der Waals surface area contributed by atoms with Crippen molar-refractivity contribution in [2.45, 2.75) is 51.7 Å². The van der Waals surface area contributed by atoms with Gasteiger partial charge < -0.3 is 20.2 Å². The van der Waals surface area contributed by atoms with Gasteiger partial charge in [-0.05, 0) is 48.3 Å². The first-order valence-corrected chi connectivity index (χ1v) is 15.5. The third-order valence-corrected chi connectivity index (χ3v) is 12.1. The number of hydrogen-bond acceptors (Lipinski definition) is 5. The lowest BCUT2D eigenvalue weighted by atomic mass is 9.76. The van der Waals surface area contributed by atoms with Crippen LogP contribution in [-0.2, 0) is 14.0 Å². The van der Waals surface area contributed by atoms with Gasteiger partial charge in [-0.1, -0.05) is 51.1 Å². The first kappa shape index (κ1) is 31.1. The number of anilines is 2. The molecule has 6 nitrogen and oxygen atoms in total. The van der Waals surface area contributed by atoms with Gasteiger partial charge in [0.25, 0.3) is 0 Å². The normalized spacial score (nSPS) is 20.0. The molecule has 3 N–H and O–H groups in total. The molecular formula is C29H34F4N2O4Si. The maximum absolute atomic E-state index is 16.2. The van der Waals surface area contributed by atoms with Gasteiger partial charge in [0, 0.05) is 0 Å². The minimum absolute atomic E-state index is 0.0345. The monoisotopic (exact) mass is 578 g/mol. The summed E-state index contributed by atoms with van der Waals surface area (Å²) in [6, 6.07) is 9.94. The number of esters is 1. The molecule has 216 valence electrons. The molecule has 40 heavy (non-hydrogen) atoms. The molecule has 1 aliphatic carbocycles. The lowest BCUT2D eigenvalue weighted by Crippen LogP contribution is -2.49. The van der Waals surface area contributed by atoms with E-state index in [-0.39, 0.29) is 22.5 Å². The summed E-state index contributed by atoms with van der Waals surface area (Å²) in [5.74, 6) is -11.2. The molecule has 0 atom stereocenters. The van der Waals surface area contributed by atoms with E-state index in [1.807, 2.05) is 20.8 Å². The zero-order chi connectivity index (χ0) is 30.2. The van der Waals surface area contributed by atoms with Crippen molar-refractivity contribution in [2.75, 3.05) is 24.8 Å². The Morgan fingerprint density at radius 2 is 1.57 bits per heavy atom. The van der Waals surface area contributed by atoms with Gasteiger partial charge in [-0.2, -0.15) is 0 Å². The van der Waals surface area contributed by atoms with Gasteiger partial charge in [0.2, 0.25) is 5.91 Å². The third kappa shape index (κ3) is 5.44. The smallest absolute Gasteiger partial charge is 0.340 e. The van der Waals surface area contributed by atoms with E-state index in [2.05, 4.69) is 5.32 Å². The number of nitrogens with one attached hydrogen (secondary N) is 1. The quantitative estimate of drug-likeness (QED) is 0.155. The number of carbonyl (C=O) groups is 2. The van der Waals surface area contributed by atoms with Crippen molar-refractivity contribution in [3.8, 4) is 0 Å². The highest BCUT2D eigenvalue weighted by Crippen LogP contribution is 2.54. The molecule has 2 aromatic carbocycles. The molecular weight excluding hydrogens is 544 g/mol. The van der Waals surface area contributed by atoms with Gasteiger partial charge in [0.1, 0.15) is 11.7 Å². The summed E-state index contributed by atoms with van der Waals surface area (Å²) < 4.78 is 74.4. The van der Waals surface area contributed by atoms with Crippen molar-refractivity contribution in [1.82, 2.24) is 0 Å². The number of ether oxygens (including phenoxy) is 1. The number of amides is 1. The van der Waals surface area contributed by atoms with Crippen LogP contribution in [0.15, 0.2) is 65.8 Å². The number of hydrogen-bond donors (Lipinski definition) is 2. The number of benzene rings is 2. The summed E-state index contributed by atoms with van der Waals surface area (Å²) in [5, 5.41) is 1.84. The molecule has 0 bridgehead atoms. The van der Waals surface area contributed by atoms with E-state index >= 15 is 17.6 Å². The predicted octanol–water partition coefficient (Wildman–Crippen LogP) is 7.41. The summed E-state index contributed by atoms with van der Waals surface area (Å²) in [4.78, 5) is 26.0. The van der Waals surface area contributed by atoms with E-state index in [4.69, 9.17) is 14.9 Å². The Bertz CT molecular complexity index is 1360. The van der Waals surface area contributed by atoms with Gasteiger partial charge in [0.15, 0.2) is 25.4 Å². The Balaban J connectivity index is 2.20. The minimum Gasteiger partial charge on any atom is -0.465 e. The fraction of sp³-hybridized carbons (Fsp3) is 0.379. The zero-order valence-corrected chi connectivity index (χ0v) is 24.5. The Labute approximate surface area is 232 Å². The molecule has 3 rings (SSSR count).